The number of nitrogens with zero attached hydrogens (tertiary/aromatic N) is 2. The molecule has 0 bridgehead atoms. The van der Waals surface area contributed by atoms with Gasteiger partial charge in [-0.05, 0) is 42.7 Å². The minimum Gasteiger partial charge on any atom is -0.387 e. The van der Waals surface area contributed by atoms with Crippen LogP contribution in [0.4, 0.5) is 13.2 Å². The van der Waals surface area contributed by atoms with Gasteiger partial charge in [0.25, 0.3) is 11.5 Å². The Labute approximate surface area is 188 Å². The number of aromatic nitrogens is 2. The van der Waals surface area contributed by atoms with E-state index in [1.807, 2.05) is 0 Å². The molecule has 0 aliphatic carbocycles. The van der Waals surface area contributed by atoms with E-state index in [-0.39, 0.29) is 16.7 Å². The largest absolute Gasteiger partial charge is 0.416 e. The average Bonchev–Trinajstić information content (AvgIpc) is 2.77. The highest BCUT2D eigenvalue weighted by molar-refractivity contribution is 5.97. The van der Waals surface area contributed by atoms with Gasteiger partial charge in [-0.1, -0.05) is 31.0 Å². The summed E-state index contributed by atoms with van der Waals surface area (Å²) < 4.78 is 41.3. The van der Waals surface area contributed by atoms with Crippen molar-refractivity contribution in [2.45, 2.75) is 50.9 Å². The lowest BCUT2D eigenvalue weighted by Gasteiger charge is -2.18. The molecular weight excluding hydrogens is 435 g/mol. The maximum absolute atomic E-state index is 13.2. The van der Waals surface area contributed by atoms with Crippen molar-refractivity contribution in [3.63, 3.8) is 0 Å². The van der Waals surface area contributed by atoms with Crippen LogP contribution in [0.2, 0.25) is 0 Å². The molecule has 2 aromatic carbocycles. The molecule has 3 aromatic rings. The summed E-state index contributed by atoms with van der Waals surface area (Å²) in [4.78, 5) is 30.1. The molecule has 0 radical (unpaired) electrons. The van der Waals surface area contributed by atoms with Crippen molar-refractivity contribution in [2.75, 3.05) is 6.54 Å². The van der Waals surface area contributed by atoms with Crippen LogP contribution in [0.1, 0.15) is 59.1 Å². The molecule has 0 spiro atoms. The smallest absolute Gasteiger partial charge is 0.387 e. The summed E-state index contributed by atoms with van der Waals surface area (Å²) in [5, 5.41) is 13.2. The average molecular weight is 459 g/mol. The van der Waals surface area contributed by atoms with Crippen molar-refractivity contribution < 1.29 is 23.1 Å². The molecule has 1 atom stereocenters. The highest BCUT2D eigenvalue weighted by atomic mass is 19.4. The summed E-state index contributed by atoms with van der Waals surface area (Å²) in [7, 11) is 0. The minimum absolute atomic E-state index is 0.136. The molecule has 0 fully saturated rings. The van der Waals surface area contributed by atoms with Gasteiger partial charge in [0.05, 0.1) is 22.6 Å². The molecule has 1 aromatic heterocycles. The van der Waals surface area contributed by atoms with Crippen molar-refractivity contribution in [2.24, 2.45) is 0 Å². The van der Waals surface area contributed by atoms with Crippen LogP contribution in [0, 0.1) is 0 Å². The predicted octanol–water partition coefficient (Wildman–Crippen LogP) is 4.00. The first-order valence-corrected chi connectivity index (χ1v) is 10.9. The lowest BCUT2D eigenvalue weighted by atomic mass is 10.0. The van der Waals surface area contributed by atoms with Crippen LogP contribution in [0.25, 0.3) is 10.9 Å². The summed E-state index contributed by atoms with van der Waals surface area (Å²) in [6, 6.07) is 9.23. The lowest BCUT2D eigenvalue weighted by Crippen LogP contribution is -2.30. The number of amides is 1. The summed E-state index contributed by atoms with van der Waals surface area (Å²) >= 11 is 0. The summed E-state index contributed by atoms with van der Waals surface area (Å²) in [5.41, 5.74) is -0.775. The van der Waals surface area contributed by atoms with Gasteiger partial charge >= 0.3 is 6.18 Å². The molecule has 2 heterocycles. The Morgan fingerprint density at radius 3 is 2.67 bits per heavy atom. The summed E-state index contributed by atoms with van der Waals surface area (Å²) in [5.74, 6) is 0.123. The molecule has 1 aliphatic heterocycles. The molecule has 33 heavy (non-hydrogen) atoms. The third-order valence-corrected chi connectivity index (χ3v) is 5.91. The third kappa shape index (κ3) is 4.93. The molecule has 174 valence electrons. The van der Waals surface area contributed by atoms with Gasteiger partial charge < -0.3 is 10.4 Å². The summed E-state index contributed by atoms with van der Waals surface area (Å²) in [6.07, 6.45) is -1.45. The van der Waals surface area contributed by atoms with Gasteiger partial charge in [0.15, 0.2) is 0 Å². The molecule has 4 rings (SSSR count). The fourth-order valence-electron chi connectivity index (χ4n) is 4.18. The topological polar surface area (TPSA) is 84.2 Å². The number of rotatable bonds is 4. The van der Waals surface area contributed by atoms with Gasteiger partial charge in [0.2, 0.25) is 0 Å². The number of aliphatic hydroxyl groups excluding tert-OH is 1. The number of carbonyl (C=O) groups is 1. The van der Waals surface area contributed by atoms with Crippen molar-refractivity contribution >= 4 is 16.8 Å². The maximum Gasteiger partial charge on any atom is 0.416 e. The van der Waals surface area contributed by atoms with Crippen molar-refractivity contribution in [3.05, 3.63) is 75.3 Å². The van der Waals surface area contributed by atoms with Crippen LogP contribution < -0.4 is 10.9 Å². The van der Waals surface area contributed by atoms with Gasteiger partial charge in [0.1, 0.15) is 5.82 Å². The Bertz CT molecular complexity index is 1240. The zero-order chi connectivity index (χ0) is 23.6. The standard InChI is InChI=1S/C24H24F3N3O3/c25-24(26,27)18-8-5-4-7-16(18)20(31)14-28-22(32)15-10-11-17-19(13-15)29-21-9-3-1-2-6-12-30(21)23(17)33/h4-5,7-8,10-11,13,20,31H,1-3,6,9,12,14H2,(H,28,32). The molecule has 1 unspecified atom stereocenters. The van der Waals surface area contributed by atoms with Crippen LogP contribution in [0.3, 0.4) is 0 Å². The number of halogens is 3. The number of benzene rings is 2. The van der Waals surface area contributed by atoms with E-state index in [9.17, 15) is 27.9 Å². The minimum atomic E-state index is -4.61. The quantitative estimate of drug-likeness (QED) is 0.618. The number of hydrogen-bond acceptors (Lipinski definition) is 4. The number of aryl methyl sites for hydroxylation is 1. The second-order valence-electron chi connectivity index (χ2n) is 8.19. The van der Waals surface area contributed by atoms with E-state index in [1.54, 1.807) is 10.6 Å². The van der Waals surface area contributed by atoms with E-state index in [0.29, 0.717) is 29.7 Å². The molecule has 9 heteroatoms. The highest BCUT2D eigenvalue weighted by Gasteiger charge is 2.34. The van der Waals surface area contributed by atoms with Gasteiger partial charge in [-0.3, -0.25) is 14.2 Å². The van der Waals surface area contributed by atoms with Gasteiger partial charge in [0, 0.05) is 25.1 Å². The number of fused-ring (bicyclic) bond motifs is 2. The first-order chi connectivity index (χ1) is 15.8. The van der Waals surface area contributed by atoms with E-state index in [1.165, 1.54) is 30.3 Å². The van der Waals surface area contributed by atoms with Crippen molar-refractivity contribution in [3.8, 4) is 0 Å². The molecule has 1 amide bonds. The van der Waals surface area contributed by atoms with Crippen LogP contribution in [-0.4, -0.2) is 27.1 Å². The Balaban J connectivity index is 1.54. The number of carbonyl (C=O) groups excluding carboxylic acids is 1. The van der Waals surface area contributed by atoms with Crippen LogP contribution >= 0.6 is 0 Å². The predicted molar refractivity (Wildman–Crippen MR) is 117 cm³/mol. The van der Waals surface area contributed by atoms with Crippen LogP contribution in [-0.2, 0) is 19.1 Å². The van der Waals surface area contributed by atoms with Crippen molar-refractivity contribution in [1.82, 2.24) is 14.9 Å². The first kappa shape index (κ1) is 23.0. The lowest BCUT2D eigenvalue weighted by molar-refractivity contribution is -0.139. The second-order valence-corrected chi connectivity index (χ2v) is 8.19. The molecule has 1 aliphatic rings. The zero-order valence-corrected chi connectivity index (χ0v) is 17.9. The maximum atomic E-state index is 13.2. The van der Waals surface area contributed by atoms with Gasteiger partial charge in [-0.25, -0.2) is 4.98 Å². The molecule has 6 nitrogen and oxygen atoms in total. The second kappa shape index (κ2) is 9.35. The van der Waals surface area contributed by atoms with E-state index < -0.39 is 30.3 Å². The number of aliphatic hydroxyl groups is 1. The van der Waals surface area contributed by atoms with E-state index in [2.05, 4.69) is 10.3 Å². The molecular formula is C24H24F3N3O3. The molecule has 0 saturated heterocycles. The van der Waals surface area contributed by atoms with Crippen molar-refractivity contribution in [1.29, 1.82) is 0 Å². The Morgan fingerprint density at radius 2 is 1.88 bits per heavy atom. The van der Waals surface area contributed by atoms with E-state index in [4.69, 9.17) is 0 Å². The van der Waals surface area contributed by atoms with E-state index >= 15 is 0 Å². The summed E-state index contributed by atoms with van der Waals surface area (Å²) in [6.45, 7) is 0.223. The molecule has 0 saturated carbocycles. The Kier molecular flexibility index (Phi) is 6.51. The zero-order valence-electron chi connectivity index (χ0n) is 17.9. The van der Waals surface area contributed by atoms with Crippen LogP contribution in [0.15, 0.2) is 47.3 Å². The first-order valence-electron chi connectivity index (χ1n) is 10.9. The highest BCUT2D eigenvalue weighted by Crippen LogP contribution is 2.34. The van der Waals surface area contributed by atoms with Gasteiger partial charge in [-0.2, -0.15) is 13.2 Å². The molecule has 2 N–H and O–H groups in total. The number of hydrogen-bond donors (Lipinski definition) is 2. The van der Waals surface area contributed by atoms with Gasteiger partial charge in [-0.15, -0.1) is 0 Å². The number of alkyl halides is 3. The Morgan fingerprint density at radius 1 is 1.12 bits per heavy atom. The third-order valence-electron chi connectivity index (χ3n) is 5.91. The van der Waals surface area contributed by atoms with Crippen LogP contribution in [0.5, 0.6) is 0 Å². The fraction of sp³-hybridized carbons (Fsp3) is 0.375. The fourth-order valence-corrected chi connectivity index (χ4v) is 4.18. The number of nitrogens with one attached hydrogen (secondary N) is 1. The normalized spacial score (nSPS) is 15.4. The monoisotopic (exact) mass is 459 g/mol. The van der Waals surface area contributed by atoms with E-state index in [0.717, 1.165) is 31.7 Å². The SMILES string of the molecule is O=C(NCC(O)c1ccccc1C(F)(F)F)c1ccc2c(=O)n3c(nc2c1)CCCCCC3. The Hall–Kier alpha value is -3.20.